The van der Waals surface area contributed by atoms with Crippen LogP contribution < -0.4 is 10.6 Å². The molecule has 0 aliphatic rings. The van der Waals surface area contributed by atoms with E-state index in [4.69, 9.17) is 4.74 Å². The quantitative estimate of drug-likeness (QED) is 0.768. The summed E-state index contributed by atoms with van der Waals surface area (Å²) in [4.78, 5) is 36.0. The van der Waals surface area contributed by atoms with Crippen molar-refractivity contribution in [3.63, 3.8) is 0 Å². The molecule has 0 heterocycles. The van der Waals surface area contributed by atoms with E-state index in [1.165, 1.54) is 0 Å². The topological polar surface area (TPSA) is 84.5 Å². The molecule has 0 saturated heterocycles. The first kappa shape index (κ1) is 20.2. The zero-order chi connectivity index (χ0) is 20.0. The number of carbonyl (C=O) groups is 3. The first-order chi connectivity index (χ1) is 12.8. The van der Waals surface area contributed by atoms with Crippen LogP contribution in [0.15, 0.2) is 36.4 Å². The Balaban J connectivity index is 1.81. The van der Waals surface area contributed by atoms with Gasteiger partial charge in [0, 0.05) is 5.69 Å². The normalized spacial score (nSPS) is 10.2. The van der Waals surface area contributed by atoms with Crippen molar-refractivity contribution in [1.29, 1.82) is 0 Å². The molecule has 6 heteroatoms. The minimum absolute atomic E-state index is 0.201. The van der Waals surface area contributed by atoms with E-state index in [0.29, 0.717) is 5.56 Å². The molecule has 0 radical (unpaired) electrons. The van der Waals surface area contributed by atoms with Crippen molar-refractivity contribution < 1.29 is 19.1 Å². The molecule has 2 aromatic carbocycles. The largest absolute Gasteiger partial charge is 0.452 e. The van der Waals surface area contributed by atoms with Gasteiger partial charge in [0.05, 0.1) is 12.1 Å². The van der Waals surface area contributed by atoms with Crippen LogP contribution in [0.2, 0.25) is 0 Å². The molecule has 6 nitrogen and oxygen atoms in total. The molecule has 0 aliphatic heterocycles. The predicted molar refractivity (Wildman–Crippen MR) is 104 cm³/mol. The van der Waals surface area contributed by atoms with E-state index >= 15 is 0 Å². The number of amides is 2. The second-order valence-electron chi connectivity index (χ2n) is 6.49. The molecule has 2 rings (SSSR count). The van der Waals surface area contributed by atoms with Gasteiger partial charge in [0.1, 0.15) is 0 Å². The Kier molecular flexibility index (Phi) is 6.71. The number of para-hydroxylation sites is 1. The lowest BCUT2D eigenvalue weighted by Crippen LogP contribution is -2.35. The SMILES string of the molecule is Cc1ccc(C)c(C(=O)OCC(=O)NCC(=O)Nc2c(C)cccc2C)c1. The summed E-state index contributed by atoms with van der Waals surface area (Å²) in [5.74, 6) is -1.45. The summed E-state index contributed by atoms with van der Waals surface area (Å²) in [7, 11) is 0. The lowest BCUT2D eigenvalue weighted by molar-refractivity contribution is -0.126. The maximum atomic E-state index is 12.1. The van der Waals surface area contributed by atoms with Crippen molar-refractivity contribution in [2.24, 2.45) is 0 Å². The van der Waals surface area contributed by atoms with E-state index in [9.17, 15) is 14.4 Å². The van der Waals surface area contributed by atoms with Gasteiger partial charge in [-0.1, -0.05) is 35.9 Å². The van der Waals surface area contributed by atoms with Gasteiger partial charge in [-0.05, 0) is 50.5 Å². The number of rotatable bonds is 6. The summed E-state index contributed by atoms with van der Waals surface area (Å²) < 4.78 is 5.03. The van der Waals surface area contributed by atoms with Crippen molar-refractivity contribution in [3.8, 4) is 0 Å². The number of hydrogen-bond acceptors (Lipinski definition) is 4. The Morgan fingerprint density at radius 3 is 2.22 bits per heavy atom. The molecule has 0 unspecified atom stereocenters. The van der Waals surface area contributed by atoms with Crippen LogP contribution in [0.1, 0.15) is 32.6 Å². The Labute approximate surface area is 158 Å². The van der Waals surface area contributed by atoms with Gasteiger partial charge >= 0.3 is 5.97 Å². The number of aryl methyl sites for hydroxylation is 4. The zero-order valence-electron chi connectivity index (χ0n) is 16.0. The molecule has 142 valence electrons. The van der Waals surface area contributed by atoms with Gasteiger partial charge in [0.25, 0.3) is 5.91 Å². The molecule has 0 atom stereocenters. The minimum atomic E-state index is -0.564. The number of hydrogen-bond donors (Lipinski definition) is 2. The fraction of sp³-hybridized carbons (Fsp3) is 0.286. The van der Waals surface area contributed by atoms with Crippen LogP contribution in [-0.2, 0) is 14.3 Å². The number of nitrogens with one attached hydrogen (secondary N) is 2. The summed E-state index contributed by atoms with van der Waals surface area (Å²) in [6.07, 6.45) is 0. The van der Waals surface area contributed by atoms with E-state index in [2.05, 4.69) is 10.6 Å². The second kappa shape index (κ2) is 8.98. The highest BCUT2D eigenvalue weighted by atomic mass is 16.5. The fourth-order valence-electron chi connectivity index (χ4n) is 2.59. The summed E-state index contributed by atoms with van der Waals surface area (Å²) in [5, 5.41) is 5.22. The molecule has 2 N–H and O–H groups in total. The van der Waals surface area contributed by atoms with Gasteiger partial charge in [-0.15, -0.1) is 0 Å². The fourth-order valence-corrected chi connectivity index (χ4v) is 2.59. The molecular weight excluding hydrogens is 344 g/mol. The molecule has 0 spiro atoms. The number of carbonyl (C=O) groups excluding carboxylic acids is 3. The van der Waals surface area contributed by atoms with Crippen molar-refractivity contribution in [3.05, 3.63) is 64.2 Å². The van der Waals surface area contributed by atoms with Gasteiger partial charge in [-0.25, -0.2) is 4.79 Å². The van der Waals surface area contributed by atoms with Crippen LogP contribution in [0.25, 0.3) is 0 Å². The summed E-state index contributed by atoms with van der Waals surface area (Å²) in [6.45, 7) is 6.82. The highest BCUT2D eigenvalue weighted by Gasteiger charge is 2.14. The molecule has 0 fully saturated rings. The standard InChI is InChI=1S/C21H24N2O4/c1-13-8-9-14(2)17(10-13)21(26)27-12-19(25)22-11-18(24)23-20-15(3)6-5-7-16(20)4/h5-10H,11-12H2,1-4H3,(H,22,25)(H,23,24). The monoisotopic (exact) mass is 368 g/mol. The molecule has 0 bridgehead atoms. The van der Waals surface area contributed by atoms with Crippen LogP contribution in [0.5, 0.6) is 0 Å². The number of benzene rings is 2. The Hall–Kier alpha value is -3.15. The molecule has 0 saturated carbocycles. The van der Waals surface area contributed by atoms with E-state index in [-0.39, 0.29) is 12.5 Å². The number of anilines is 1. The van der Waals surface area contributed by atoms with Gasteiger partial charge in [-0.3, -0.25) is 9.59 Å². The third-order valence-corrected chi connectivity index (χ3v) is 4.14. The van der Waals surface area contributed by atoms with Crippen LogP contribution in [0, 0.1) is 27.7 Å². The number of ether oxygens (including phenoxy) is 1. The molecule has 0 aromatic heterocycles. The van der Waals surface area contributed by atoms with Crippen LogP contribution in [0.4, 0.5) is 5.69 Å². The summed E-state index contributed by atoms with van der Waals surface area (Å²) >= 11 is 0. The van der Waals surface area contributed by atoms with Crippen molar-refractivity contribution in [2.75, 3.05) is 18.5 Å². The maximum Gasteiger partial charge on any atom is 0.338 e. The number of esters is 1. The van der Waals surface area contributed by atoms with Gasteiger partial charge < -0.3 is 15.4 Å². The highest BCUT2D eigenvalue weighted by molar-refractivity contribution is 5.96. The third-order valence-electron chi connectivity index (χ3n) is 4.14. The van der Waals surface area contributed by atoms with Crippen molar-refractivity contribution in [2.45, 2.75) is 27.7 Å². The smallest absolute Gasteiger partial charge is 0.338 e. The van der Waals surface area contributed by atoms with Crippen molar-refractivity contribution >= 4 is 23.5 Å². The average molecular weight is 368 g/mol. The Morgan fingerprint density at radius 2 is 1.56 bits per heavy atom. The Morgan fingerprint density at radius 1 is 0.889 bits per heavy atom. The zero-order valence-corrected chi connectivity index (χ0v) is 16.0. The van der Waals surface area contributed by atoms with E-state index < -0.39 is 18.5 Å². The molecule has 2 aromatic rings. The lowest BCUT2D eigenvalue weighted by atomic mass is 10.1. The van der Waals surface area contributed by atoms with Crippen LogP contribution in [-0.4, -0.2) is 30.9 Å². The molecular formula is C21H24N2O4. The third kappa shape index (κ3) is 5.67. The first-order valence-electron chi connectivity index (χ1n) is 8.65. The van der Waals surface area contributed by atoms with E-state index in [1.54, 1.807) is 13.0 Å². The predicted octanol–water partition coefficient (Wildman–Crippen LogP) is 2.83. The van der Waals surface area contributed by atoms with Crippen molar-refractivity contribution in [1.82, 2.24) is 5.32 Å². The minimum Gasteiger partial charge on any atom is -0.452 e. The molecule has 27 heavy (non-hydrogen) atoms. The lowest BCUT2D eigenvalue weighted by Gasteiger charge is -2.12. The average Bonchev–Trinajstić information content (AvgIpc) is 2.63. The molecule has 0 aliphatic carbocycles. The highest BCUT2D eigenvalue weighted by Crippen LogP contribution is 2.19. The van der Waals surface area contributed by atoms with Gasteiger partial charge in [0.2, 0.25) is 5.91 Å². The van der Waals surface area contributed by atoms with Gasteiger partial charge in [-0.2, -0.15) is 0 Å². The Bertz CT molecular complexity index is 854. The van der Waals surface area contributed by atoms with Gasteiger partial charge in [0.15, 0.2) is 6.61 Å². The van der Waals surface area contributed by atoms with Crippen LogP contribution in [0.3, 0.4) is 0 Å². The maximum absolute atomic E-state index is 12.1. The second-order valence-corrected chi connectivity index (χ2v) is 6.49. The van der Waals surface area contributed by atoms with E-state index in [0.717, 1.165) is 27.9 Å². The first-order valence-corrected chi connectivity index (χ1v) is 8.65. The van der Waals surface area contributed by atoms with E-state index in [1.807, 2.05) is 51.1 Å². The summed E-state index contributed by atoms with van der Waals surface area (Å²) in [6, 6.07) is 11.1. The molecule has 2 amide bonds. The van der Waals surface area contributed by atoms with Crippen LogP contribution >= 0.6 is 0 Å². The summed E-state index contributed by atoms with van der Waals surface area (Å²) in [5.41, 5.74) is 4.75.